The summed E-state index contributed by atoms with van der Waals surface area (Å²) < 4.78 is 24.7. The first-order valence-electron chi connectivity index (χ1n) is 5.85. The van der Waals surface area contributed by atoms with Crippen molar-refractivity contribution >= 4 is 18.2 Å². The van der Waals surface area contributed by atoms with Crippen molar-refractivity contribution in [3.63, 3.8) is 0 Å². The average Bonchev–Trinajstić information content (AvgIpc) is 2.56. The molecule has 124 valence electrons. The third-order valence-electron chi connectivity index (χ3n) is 2.21. The fourth-order valence-corrected chi connectivity index (χ4v) is 1.28. The topological polar surface area (TPSA) is 140 Å². The number of halogens is 3. The van der Waals surface area contributed by atoms with Gasteiger partial charge in [0.25, 0.3) is 0 Å². The van der Waals surface area contributed by atoms with Crippen LogP contribution in [0.4, 0.5) is 8.78 Å². The molecule has 23 heavy (non-hydrogen) atoms. The van der Waals surface area contributed by atoms with Crippen molar-refractivity contribution in [1.82, 2.24) is 0 Å². The van der Waals surface area contributed by atoms with E-state index in [-0.39, 0.29) is 29.9 Å². The standard InChI is InChI=1S/C7H8FN3.C7H4FN.ClH.H4N2/c8-6-3-1-2-5(4-6)7(9)11-10;8-7-3-1-2-6(4-7)5-9;;1-2/h1-4H,10H2,(H2,9,11);1-4H;1H;1-2H2. The molecule has 0 aliphatic carbocycles. The molecule has 0 saturated carbocycles. The molecule has 0 bridgehead atoms. The summed E-state index contributed by atoms with van der Waals surface area (Å²) in [6, 6.07) is 13.2. The van der Waals surface area contributed by atoms with E-state index in [1.54, 1.807) is 18.2 Å². The van der Waals surface area contributed by atoms with E-state index in [1.807, 2.05) is 6.07 Å². The Morgan fingerprint density at radius 3 is 1.91 bits per heavy atom. The number of hydrogen-bond acceptors (Lipinski definition) is 5. The average molecular weight is 343 g/mol. The van der Waals surface area contributed by atoms with E-state index in [1.165, 1.54) is 30.3 Å². The van der Waals surface area contributed by atoms with Crippen LogP contribution in [-0.2, 0) is 0 Å². The Morgan fingerprint density at radius 2 is 1.52 bits per heavy atom. The number of hydrogen-bond donors (Lipinski definition) is 4. The molecule has 8 N–H and O–H groups in total. The normalized spacial score (nSPS) is 9.09. The number of nitrogens with zero attached hydrogens (tertiary/aromatic N) is 2. The Morgan fingerprint density at radius 1 is 1.00 bits per heavy atom. The molecular weight excluding hydrogens is 326 g/mol. The van der Waals surface area contributed by atoms with Crippen LogP contribution >= 0.6 is 12.4 Å². The Hall–Kier alpha value is -2.73. The summed E-state index contributed by atoms with van der Waals surface area (Å²) in [6.07, 6.45) is 0. The molecule has 0 aromatic heterocycles. The second kappa shape index (κ2) is 13.0. The highest BCUT2D eigenvalue weighted by Gasteiger charge is 1.97. The number of hydrazone groups is 1. The van der Waals surface area contributed by atoms with E-state index in [2.05, 4.69) is 16.8 Å². The number of nitriles is 1. The summed E-state index contributed by atoms with van der Waals surface area (Å²) in [6.45, 7) is 0. The van der Waals surface area contributed by atoms with Crippen molar-refractivity contribution < 1.29 is 8.78 Å². The first-order chi connectivity index (χ1) is 10.6. The Bertz CT molecular complexity index is 658. The van der Waals surface area contributed by atoms with Crippen molar-refractivity contribution in [2.24, 2.45) is 28.4 Å². The van der Waals surface area contributed by atoms with E-state index in [4.69, 9.17) is 16.8 Å². The third kappa shape index (κ3) is 9.00. The van der Waals surface area contributed by atoms with Gasteiger partial charge in [0, 0.05) is 5.56 Å². The molecule has 2 aromatic carbocycles. The molecule has 0 unspecified atom stereocenters. The zero-order valence-corrected chi connectivity index (χ0v) is 12.8. The minimum absolute atomic E-state index is 0. The molecule has 0 saturated heterocycles. The minimum Gasteiger partial charge on any atom is -0.382 e. The van der Waals surface area contributed by atoms with Gasteiger partial charge in [0.2, 0.25) is 0 Å². The van der Waals surface area contributed by atoms with Gasteiger partial charge in [-0.1, -0.05) is 18.2 Å². The van der Waals surface area contributed by atoms with Crippen LogP contribution in [0.25, 0.3) is 0 Å². The van der Waals surface area contributed by atoms with Crippen molar-refractivity contribution in [3.8, 4) is 6.07 Å². The highest BCUT2D eigenvalue weighted by Crippen LogP contribution is 2.02. The van der Waals surface area contributed by atoms with Crippen LogP contribution in [0.1, 0.15) is 11.1 Å². The predicted octanol–water partition coefficient (Wildman–Crippen LogP) is 1.34. The summed E-state index contributed by atoms with van der Waals surface area (Å²) >= 11 is 0. The highest BCUT2D eigenvalue weighted by molar-refractivity contribution is 5.97. The van der Waals surface area contributed by atoms with Gasteiger partial charge in [-0.25, -0.2) is 8.78 Å². The molecule has 0 aliphatic rings. The van der Waals surface area contributed by atoms with Crippen LogP contribution in [0, 0.1) is 23.0 Å². The van der Waals surface area contributed by atoms with E-state index in [0.29, 0.717) is 11.1 Å². The van der Waals surface area contributed by atoms with Crippen molar-refractivity contribution in [2.45, 2.75) is 0 Å². The fourth-order valence-electron chi connectivity index (χ4n) is 1.28. The van der Waals surface area contributed by atoms with Crippen molar-refractivity contribution in [1.29, 1.82) is 5.26 Å². The Labute approximate surface area is 138 Å². The monoisotopic (exact) mass is 342 g/mol. The Balaban J connectivity index is 0. The predicted molar refractivity (Wildman–Crippen MR) is 88.0 cm³/mol. The van der Waals surface area contributed by atoms with Gasteiger partial charge >= 0.3 is 0 Å². The smallest absolute Gasteiger partial charge is 0.150 e. The van der Waals surface area contributed by atoms with Crippen LogP contribution in [0.2, 0.25) is 0 Å². The second-order valence-electron chi connectivity index (χ2n) is 3.65. The molecule has 0 amide bonds. The van der Waals surface area contributed by atoms with E-state index in [0.717, 1.165) is 0 Å². The zero-order chi connectivity index (χ0) is 17.0. The molecule has 2 rings (SSSR count). The summed E-state index contributed by atoms with van der Waals surface area (Å²) in [5.41, 5.74) is 6.17. The quantitative estimate of drug-likeness (QED) is 0.268. The molecule has 2 aromatic rings. The third-order valence-corrected chi connectivity index (χ3v) is 2.21. The summed E-state index contributed by atoms with van der Waals surface area (Å²) in [5, 5.41) is 11.5. The van der Waals surface area contributed by atoms with Gasteiger partial charge in [-0.3, -0.25) is 11.7 Å². The molecule has 0 spiro atoms. The molecule has 0 fully saturated rings. The lowest BCUT2D eigenvalue weighted by molar-refractivity contribution is 0.627. The number of benzene rings is 2. The maximum absolute atomic E-state index is 12.5. The van der Waals surface area contributed by atoms with Gasteiger partial charge in [-0.2, -0.15) is 10.4 Å². The van der Waals surface area contributed by atoms with Crippen molar-refractivity contribution in [2.75, 3.05) is 0 Å². The molecule has 0 aliphatic heterocycles. The first-order valence-corrected chi connectivity index (χ1v) is 5.85. The van der Waals surface area contributed by atoms with Gasteiger partial charge in [0.1, 0.15) is 17.5 Å². The van der Waals surface area contributed by atoms with E-state index >= 15 is 0 Å². The molecule has 6 nitrogen and oxygen atoms in total. The number of nitrogens with two attached hydrogens (primary N) is 4. The van der Waals surface area contributed by atoms with Gasteiger partial charge in [0.05, 0.1) is 11.6 Å². The minimum atomic E-state index is -0.367. The SMILES string of the molecule is Cl.N#Cc1cccc(F)c1.NN.NN=C(N)c1cccc(F)c1. The largest absolute Gasteiger partial charge is 0.382 e. The lowest BCUT2D eigenvalue weighted by atomic mass is 10.2. The maximum atomic E-state index is 12.5. The van der Waals surface area contributed by atoms with E-state index in [9.17, 15) is 8.78 Å². The Kier molecular flexibility index (Phi) is 12.7. The molecule has 0 radical (unpaired) electrons. The van der Waals surface area contributed by atoms with E-state index < -0.39 is 0 Å². The molecule has 9 heteroatoms. The van der Waals surface area contributed by atoms with Gasteiger partial charge in [-0.05, 0) is 30.3 Å². The van der Waals surface area contributed by atoms with Crippen LogP contribution < -0.4 is 23.3 Å². The van der Waals surface area contributed by atoms with Gasteiger partial charge in [0.15, 0.2) is 0 Å². The zero-order valence-electron chi connectivity index (χ0n) is 12.0. The lowest BCUT2D eigenvalue weighted by Gasteiger charge is -1.97. The molecule has 0 heterocycles. The maximum Gasteiger partial charge on any atom is 0.150 e. The summed E-state index contributed by atoms with van der Waals surface area (Å²) in [5.74, 6) is 12.3. The van der Waals surface area contributed by atoms with Gasteiger partial charge < -0.3 is 11.6 Å². The molecule has 0 atom stereocenters. The van der Waals surface area contributed by atoms with Crippen LogP contribution in [0.5, 0.6) is 0 Å². The lowest BCUT2D eigenvalue weighted by Crippen LogP contribution is -2.15. The van der Waals surface area contributed by atoms with Crippen LogP contribution in [-0.4, -0.2) is 5.84 Å². The highest BCUT2D eigenvalue weighted by atomic mass is 35.5. The first kappa shape index (κ1) is 22.5. The number of hydrazine groups is 1. The summed E-state index contributed by atoms with van der Waals surface area (Å²) in [7, 11) is 0. The number of amidine groups is 1. The van der Waals surface area contributed by atoms with Gasteiger partial charge in [-0.15, -0.1) is 12.4 Å². The fraction of sp³-hybridized carbons (Fsp3) is 0. The van der Waals surface area contributed by atoms with Crippen molar-refractivity contribution in [3.05, 3.63) is 71.3 Å². The van der Waals surface area contributed by atoms with Crippen LogP contribution in [0.15, 0.2) is 53.6 Å². The number of rotatable bonds is 1. The van der Waals surface area contributed by atoms with Crippen LogP contribution in [0.3, 0.4) is 0 Å². The summed E-state index contributed by atoms with van der Waals surface area (Å²) in [4.78, 5) is 0. The second-order valence-corrected chi connectivity index (χ2v) is 3.65. The molecular formula is C14H17ClF2N6.